The smallest absolute Gasteiger partial charge is 0.358 e. The SMILES string of the molecule is O=[N+]([O-])c1ccnc(N=Cc2cccs2)n1. The van der Waals surface area contributed by atoms with Gasteiger partial charge in [0.05, 0.1) is 12.3 Å². The van der Waals surface area contributed by atoms with Crippen molar-refractivity contribution in [1.29, 1.82) is 0 Å². The quantitative estimate of drug-likeness (QED) is 0.463. The number of nitrogens with zero attached hydrogens (tertiary/aromatic N) is 4. The highest BCUT2D eigenvalue weighted by atomic mass is 32.1. The van der Waals surface area contributed by atoms with Crippen LogP contribution in [-0.2, 0) is 0 Å². The third-order valence-corrected chi connectivity index (χ3v) is 2.47. The average molecular weight is 234 g/mol. The van der Waals surface area contributed by atoms with Crippen LogP contribution < -0.4 is 0 Å². The van der Waals surface area contributed by atoms with Gasteiger partial charge in [-0.15, -0.1) is 11.3 Å². The van der Waals surface area contributed by atoms with Crippen LogP contribution >= 0.6 is 11.3 Å². The molecule has 0 bridgehead atoms. The van der Waals surface area contributed by atoms with Crippen LogP contribution in [0.5, 0.6) is 0 Å². The molecule has 0 radical (unpaired) electrons. The van der Waals surface area contributed by atoms with E-state index >= 15 is 0 Å². The summed E-state index contributed by atoms with van der Waals surface area (Å²) in [6.07, 6.45) is 2.88. The second-order valence-corrected chi connectivity index (χ2v) is 3.72. The predicted octanol–water partition coefficient (Wildman–Crippen LogP) is 2.20. The molecule has 0 aliphatic carbocycles. The summed E-state index contributed by atoms with van der Waals surface area (Å²) in [5.74, 6) is -0.170. The molecule has 2 rings (SSSR count). The molecule has 0 fully saturated rings. The lowest BCUT2D eigenvalue weighted by molar-refractivity contribution is -0.389. The predicted molar refractivity (Wildman–Crippen MR) is 60.3 cm³/mol. The molecule has 0 N–H and O–H groups in total. The fourth-order valence-corrected chi connectivity index (χ4v) is 1.57. The van der Waals surface area contributed by atoms with Gasteiger partial charge in [0.2, 0.25) is 0 Å². The molecule has 80 valence electrons. The van der Waals surface area contributed by atoms with Gasteiger partial charge in [-0.05, 0) is 16.4 Å². The Labute approximate surface area is 94.5 Å². The largest absolute Gasteiger partial charge is 0.369 e. The zero-order chi connectivity index (χ0) is 11.4. The van der Waals surface area contributed by atoms with Crippen molar-refractivity contribution in [3.63, 3.8) is 0 Å². The van der Waals surface area contributed by atoms with Crippen LogP contribution in [0.15, 0.2) is 34.8 Å². The number of thiophene rings is 1. The Morgan fingerprint density at radius 1 is 1.50 bits per heavy atom. The lowest BCUT2D eigenvalue weighted by atomic mass is 10.5. The third kappa shape index (κ3) is 2.45. The van der Waals surface area contributed by atoms with E-state index in [2.05, 4.69) is 15.0 Å². The van der Waals surface area contributed by atoms with Gasteiger partial charge in [-0.3, -0.25) is 0 Å². The Hall–Kier alpha value is -2.15. The molecule has 7 heteroatoms. The molecular weight excluding hydrogens is 228 g/mol. The van der Waals surface area contributed by atoms with Crippen molar-refractivity contribution in [1.82, 2.24) is 9.97 Å². The van der Waals surface area contributed by atoms with Gasteiger partial charge in [0.1, 0.15) is 0 Å². The van der Waals surface area contributed by atoms with Crippen molar-refractivity contribution in [3.05, 3.63) is 44.8 Å². The second kappa shape index (κ2) is 4.58. The average Bonchev–Trinajstić information content (AvgIpc) is 2.79. The Morgan fingerprint density at radius 3 is 3.06 bits per heavy atom. The molecule has 0 aromatic carbocycles. The van der Waals surface area contributed by atoms with Crippen LogP contribution in [0.4, 0.5) is 11.8 Å². The van der Waals surface area contributed by atoms with E-state index < -0.39 is 4.92 Å². The minimum absolute atomic E-state index is 0.0857. The van der Waals surface area contributed by atoms with Gasteiger partial charge in [-0.2, -0.15) is 9.98 Å². The van der Waals surface area contributed by atoms with E-state index in [0.29, 0.717) is 0 Å². The maximum absolute atomic E-state index is 10.5. The van der Waals surface area contributed by atoms with Gasteiger partial charge in [-0.1, -0.05) is 6.07 Å². The lowest BCUT2D eigenvalue weighted by Gasteiger charge is -1.90. The van der Waals surface area contributed by atoms with E-state index in [0.717, 1.165) is 4.88 Å². The number of rotatable bonds is 3. The maximum Gasteiger partial charge on any atom is 0.369 e. The summed E-state index contributed by atoms with van der Waals surface area (Å²) < 4.78 is 0. The van der Waals surface area contributed by atoms with Gasteiger partial charge >= 0.3 is 11.8 Å². The summed E-state index contributed by atoms with van der Waals surface area (Å²) in [5.41, 5.74) is 0. The first-order chi connectivity index (χ1) is 7.75. The van der Waals surface area contributed by atoms with E-state index in [9.17, 15) is 10.1 Å². The molecule has 0 spiro atoms. The molecule has 6 nitrogen and oxygen atoms in total. The summed E-state index contributed by atoms with van der Waals surface area (Å²) in [7, 11) is 0. The highest BCUT2D eigenvalue weighted by Crippen LogP contribution is 2.11. The van der Waals surface area contributed by atoms with E-state index in [1.807, 2.05) is 17.5 Å². The lowest BCUT2D eigenvalue weighted by Crippen LogP contribution is -1.92. The Kier molecular flexibility index (Phi) is 2.97. The molecular formula is C9H6N4O2S. The van der Waals surface area contributed by atoms with E-state index in [-0.39, 0.29) is 11.8 Å². The van der Waals surface area contributed by atoms with E-state index in [4.69, 9.17) is 0 Å². The van der Waals surface area contributed by atoms with E-state index in [1.165, 1.54) is 23.6 Å². The highest BCUT2D eigenvalue weighted by Gasteiger charge is 2.08. The third-order valence-electron chi connectivity index (χ3n) is 1.67. The number of hydrogen-bond acceptors (Lipinski definition) is 6. The minimum atomic E-state index is -0.578. The van der Waals surface area contributed by atoms with Crippen LogP contribution in [0, 0.1) is 10.1 Å². The molecule has 0 amide bonds. The Balaban J connectivity index is 2.22. The van der Waals surface area contributed by atoms with Gasteiger partial charge in [-0.25, -0.2) is 0 Å². The first-order valence-corrected chi connectivity index (χ1v) is 5.19. The molecule has 16 heavy (non-hydrogen) atoms. The summed E-state index contributed by atoms with van der Waals surface area (Å²) in [6, 6.07) is 5.00. The zero-order valence-electron chi connectivity index (χ0n) is 7.98. The van der Waals surface area contributed by atoms with Gasteiger partial charge in [0, 0.05) is 16.1 Å². The highest BCUT2D eigenvalue weighted by molar-refractivity contribution is 7.11. The monoisotopic (exact) mass is 234 g/mol. The van der Waals surface area contributed by atoms with Crippen LogP contribution in [-0.4, -0.2) is 21.1 Å². The fourth-order valence-electron chi connectivity index (χ4n) is 0.989. The molecule has 2 heterocycles. The first-order valence-electron chi connectivity index (χ1n) is 4.31. The van der Waals surface area contributed by atoms with Crippen LogP contribution in [0.25, 0.3) is 0 Å². The van der Waals surface area contributed by atoms with E-state index in [1.54, 1.807) is 6.21 Å². The minimum Gasteiger partial charge on any atom is -0.358 e. The summed E-state index contributed by atoms with van der Waals surface area (Å²) in [4.78, 5) is 22.2. The summed E-state index contributed by atoms with van der Waals surface area (Å²) in [5, 5.41) is 12.4. The molecule has 2 aromatic heterocycles. The van der Waals surface area contributed by atoms with Gasteiger partial charge in [0.25, 0.3) is 0 Å². The molecule has 0 atom stereocenters. The molecule has 0 aliphatic heterocycles. The Bertz CT molecular complexity index is 524. The standard InChI is InChI=1S/C9H6N4O2S/c14-13(15)8-3-4-10-9(12-8)11-6-7-2-1-5-16-7/h1-6H. The maximum atomic E-state index is 10.5. The topological polar surface area (TPSA) is 81.3 Å². The summed E-state index contributed by atoms with van der Waals surface area (Å²) >= 11 is 1.51. The fraction of sp³-hybridized carbons (Fsp3) is 0. The van der Waals surface area contributed by atoms with Gasteiger partial charge < -0.3 is 10.1 Å². The van der Waals surface area contributed by atoms with Crippen LogP contribution in [0.3, 0.4) is 0 Å². The second-order valence-electron chi connectivity index (χ2n) is 2.75. The van der Waals surface area contributed by atoms with Crippen LogP contribution in [0.2, 0.25) is 0 Å². The normalized spacial score (nSPS) is 10.8. The number of nitro groups is 1. The number of aliphatic imine (C=N–C) groups is 1. The van der Waals surface area contributed by atoms with Gasteiger partial charge in [0.15, 0.2) is 0 Å². The molecule has 0 saturated carbocycles. The summed E-state index contributed by atoms with van der Waals surface area (Å²) in [6.45, 7) is 0. The van der Waals surface area contributed by atoms with Crippen molar-refractivity contribution >= 4 is 29.3 Å². The van der Waals surface area contributed by atoms with Crippen molar-refractivity contribution in [3.8, 4) is 0 Å². The molecule has 2 aromatic rings. The molecule has 0 unspecified atom stereocenters. The first kappa shape index (κ1) is 10.4. The van der Waals surface area contributed by atoms with Crippen molar-refractivity contribution in [2.45, 2.75) is 0 Å². The Morgan fingerprint density at radius 2 is 2.38 bits per heavy atom. The number of aromatic nitrogens is 2. The molecule has 0 aliphatic rings. The van der Waals surface area contributed by atoms with Crippen molar-refractivity contribution in [2.75, 3.05) is 0 Å². The molecule has 0 saturated heterocycles. The number of hydrogen-bond donors (Lipinski definition) is 0. The van der Waals surface area contributed by atoms with Crippen LogP contribution in [0.1, 0.15) is 4.88 Å². The zero-order valence-corrected chi connectivity index (χ0v) is 8.79. The van der Waals surface area contributed by atoms with Crippen molar-refractivity contribution < 1.29 is 4.92 Å². The van der Waals surface area contributed by atoms with Crippen molar-refractivity contribution in [2.24, 2.45) is 4.99 Å².